The first-order valence-electron chi connectivity index (χ1n) is 5.62. The molecule has 3 heteroatoms. The summed E-state index contributed by atoms with van der Waals surface area (Å²) in [6.07, 6.45) is 3.43. The Bertz CT molecular complexity index is 213. The highest BCUT2D eigenvalue weighted by Crippen LogP contribution is 2.25. The van der Waals surface area contributed by atoms with Gasteiger partial charge in [-0.05, 0) is 24.3 Å². The summed E-state index contributed by atoms with van der Waals surface area (Å²) >= 11 is 2.07. The van der Waals surface area contributed by atoms with E-state index in [0.29, 0.717) is 5.78 Å². The average Bonchev–Trinajstić information content (AvgIpc) is 2.23. The number of nitrogens with zero attached hydrogens (tertiary/aromatic N) is 1. The standard InChI is InChI=1S/C11H19NOS/c1-9-8-12(5-2-11(9)13)10-3-6-14-7-4-10/h9-10H,2-8H2,1H3. The van der Waals surface area contributed by atoms with Gasteiger partial charge in [-0.15, -0.1) is 0 Å². The van der Waals surface area contributed by atoms with Crippen LogP contribution in [0.15, 0.2) is 0 Å². The predicted octanol–water partition coefficient (Wildman–Crippen LogP) is 1.79. The summed E-state index contributed by atoms with van der Waals surface area (Å²) in [5, 5.41) is 0. The third-order valence-electron chi connectivity index (χ3n) is 3.41. The van der Waals surface area contributed by atoms with E-state index in [-0.39, 0.29) is 5.92 Å². The van der Waals surface area contributed by atoms with Crippen LogP contribution in [-0.4, -0.2) is 41.3 Å². The molecule has 0 aliphatic carbocycles. The number of carbonyl (C=O) groups excluding carboxylic acids is 1. The lowest BCUT2D eigenvalue weighted by atomic mass is 9.96. The molecule has 2 rings (SSSR count). The van der Waals surface area contributed by atoms with E-state index in [1.165, 1.54) is 24.3 Å². The Morgan fingerprint density at radius 2 is 2.07 bits per heavy atom. The molecule has 14 heavy (non-hydrogen) atoms. The van der Waals surface area contributed by atoms with Gasteiger partial charge in [0.05, 0.1) is 0 Å². The summed E-state index contributed by atoms with van der Waals surface area (Å²) < 4.78 is 0. The van der Waals surface area contributed by atoms with Gasteiger partial charge in [0.1, 0.15) is 5.78 Å². The molecule has 0 bridgehead atoms. The molecule has 0 saturated carbocycles. The number of piperidine rings is 1. The molecule has 0 aromatic heterocycles. The number of hydrogen-bond acceptors (Lipinski definition) is 3. The number of likely N-dealkylation sites (tertiary alicyclic amines) is 1. The van der Waals surface area contributed by atoms with Crippen molar-refractivity contribution in [2.45, 2.75) is 32.2 Å². The van der Waals surface area contributed by atoms with Crippen molar-refractivity contribution in [3.8, 4) is 0 Å². The SMILES string of the molecule is CC1CN(C2CCSCC2)CCC1=O. The Morgan fingerprint density at radius 3 is 2.71 bits per heavy atom. The highest BCUT2D eigenvalue weighted by Gasteiger charge is 2.28. The molecule has 2 aliphatic heterocycles. The third-order valence-corrected chi connectivity index (χ3v) is 4.46. The van der Waals surface area contributed by atoms with Gasteiger partial charge in [-0.1, -0.05) is 6.92 Å². The average molecular weight is 213 g/mol. The minimum Gasteiger partial charge on any atom is -0.299 e. The van der Waals surface area contributed by atoms with Crippen LogP contribution < -0.4 is 0 Å². The molecule has 2 heterocycles. The van der Waals surface area contributed by atoms with Crippen LogP contribution in [0.25, 0.3) is 0 Å². The molecule has 80 valence electrons. The van der Waals surface area contributed by atoms with Gasteiger partial charge in [-0.2, -0.15) is 11.8 Å². The second-order valence-electron chi connectivity index (χ2n) is 4.46. The van der Waals surface area contributed by atoms with Crippen LogP contribution in [0.3, 0.4) is 0 Å². The van der Waals surface area contributed by atoms with Crippen molar-refractivity contribution >= 4 is 17.5 Å². The Balaban J connectivity index is 1.88. The fraction of sp³-hybridized carbons (Fsp3) is 0.909. The van der Waals surface area contributed by atoms with Crippen LogP contribution in [0.5, 0.6) is 0 Å². The maximum absolute atomic E-state index is 11.4. The fourth-order valence-corrected chi connectivity index (χ4v) is 3.51. The van der Waals surface area contributed by atoms with Crippen LogP contribution in [-0.2, 0) is 4.79 Å². The molecule has 2 nitrogen and oxygen atoms in total. The van der Waals surface area contributed by atoms with Gasteiger partial charge in [0.25, 0.3) is 0 Å². The Labute approximate surface area is 90.4 Å². The Hall–Kier alpha value is -0.0200. The van der Waals surface area contributed by atoms with E-state index in [1.54, 1.807) is 0 Å². The van der Waals surface area contributed by atoms with E-state index in [1.807, 2.05) is 0 Å². The minimum atomic E-state index is 0.276. The highest BCUT2D eigenvalue weighted by atomic mass is 32.2. The van der Waals surface area contributed by atoms with Crippen LogP contribution >= 0.6 is 11.8 Å². The number of carbonyl (C=O) groups is 1. The monoisotopic (exact) mass is 213 g/mol. The topological polar surface area (TPSA) is 20.3 Å². The molecule has 0 amide bonds. The first kappa shape index (κ1) is 10.5. The molecule has 0 N–H and O–H groups in total. The summed E-state index contributed by atoms with van der Waals surface area (Å²) in [6, 6.07) is 0.770. The molecule has 0 spiro atoms. The molecule has 0 aromatic carbocycles. The van der Waals surface area contributed by atoms with Crippen molar-refractivity contribution in [2.24, 2.45) is 5.92 Å². The van der Waals surface area contributed by atoms with Crippen LogP contribution in [0.2, 0.25) is 0 Å². The van der Waals surface area contributed by atoms with Crippen molar-refractivity contribution in [3.05, 3.63) is 0 Å². The van der Waals surface area contributed by atoms with Gasteiger partial charge in [-0.3, -0.25) is 9.69 Å². The van der Waals surface area contributed by atoms with Crippen molar-refractivity contribution in [2.75, 3.05) is 24.6 Å². The fourth-order valence-electron chi connectivity index (χ4n) is 2.43. The van der Waals surface area contributed by atoms with Crippen LogP contribution in [0.4, 0.5) is 0 Å². The quantitative estimate of drug-likeness (QED) is 0.662. The van der Waals surface area contributed by atoms with E-state index >= 15 is 0 Å². The van der Waals surface area contributed by atoms with Gasteiger partial charge < -0.3 is 0 Å². The zero-order valence-corrected chi connectivity index (χ0v) is 9.68. The smallest absolute Gasteiger partial charge is 0.138 e. The number of ketones is 1. The summed E-state index contributed by atoms with van der Waals surface area (Å²) in [5.41, 5.74) is 0. The van der Waals surface area contributed by atoms with Crippen molar-refractivity contribution in [1.82, 2.24) is 4.90 Å². The second-order valence-corrected chi connectivity index (χ2v) is 5.68. The van der Waals surface area contributed by atoms with Gasteiger partial charge in [-0.25, -0.2) is 0 Å². The maximum Gasteiger partial charge on any atom is 0.138 e. The van der Waals surface area contributed by atoms with Gasteiger partial charge in [0.2, 0.25) is 0 Å². The lowest BCUT2D eigenvalue weighted by Gasteiger charge is -2.38. The molecule has 1 atom stereocenters. The van der Waals surface area contributed by atoms with Crippen molar-refractivity contribution in [3.63, 3.8) is 0 Å². The largest absolute Gasteiger partial charge is 0.299 e. The first-order chi connectivity index (χ1) is 6.77. The van der Waals surface area contributed by atoms with Gasteiger partial charge in [0.15, 0.2) is 0 Å². The van der Waals surface area contributed by atoms with Crippen LogP contribution in [0, 0.1) is 5.92 Å². The molecular weight excluding hydrogens is 194 g/mol. The number of hydrogen-bond donors (Lipinski definition) is 0. The summed E-state index contributed by atoms with van der Waals surface area (Å²) in [6.45, 7) is 4.10. The number of Topliss-reactive ketones (excluding diaryl/α,β-unsaturated/α-hetero) is 1. The normalized spacial score (nSPS) is 32.1. The lowest BCUT2D eigenvalue weighted by molar-refractivity contribution is -0.126. The molecule has 1 unspecified atom stereocenters. The Kier molecular flexibility index (Phi) is 3.50. The zero-order chi connectivity index (χ0) is 9.97. The summed E-state index contributed by atoms with van der Waals surface area (Å²) in [5.74, 6) is 3.36. The Morgan fingerprint density at radius 1 is 1.36 bits per heavy atom. The molecule has 2 aliphatic rings. The first-order valence-corrected chi connectivity index (χ1v) is 6.77. The van der Waals surface area contributed by atoms with E-state index in [2.05, 4.69) is 23.6 Å². The number of thioether (sulfide) groups is 1. The van der Waals surface area contributed by atoms with Gasteiger partial charge in [0, 0.05) is 31.5 Å². The van der Waals surface area contributed by atoms with E-state index in [9.17, 15) is 4.79 Å². The van der Waals surface area contributed by atoms with E-state index in [4.69, 9.17) is 0 Å². The predicted molar refractivity (Wildman–Crippen MR) is 60.7 cm³/mol. The van der Waals surface area contributed by atoms with E-state index in [0.717, 1.165) is 25.6 Å². The molecule has 2 saturated heterocycles. The minimum absolute atomic E-state index is 0.276. The molecule has 2 fully saturated rings. The maximum atomic E-state index is 11.4. The van der Waals surface area contributed by atoms with Gasteiger partial charge >= 0.3 is 0 Å². The van der Waals surface area contributed by atoms with Crippen LogP contribution in [0.1, 0.15) is 26.2 Å². The second kappa shape index (κ2) is 4.67. The zero-order valence-electron chi connectivity index (χ0n) is 8.87. The molecule has 0 aromatic rings. The lowest BCUT2D eigenvalue weighted by Crippen LogP contribution is -2.46. The third kappa shape index (κ3) is 2.31. The molecular formula is C11H19NOS. The van der Waals surface area contributed by atoms with Crippen molar-refractivity contribution < 1.29 is 4.79 Å². The summed E-state index contributed by atoms with van der Waals surface area (Å²) in [7, 11) is 0. The summed E-state index contributed by atoms with van der Waals surface area (Å²) in [4.78, 5) is 13.9. The number of rotatable bonds is 1. The molecule has 0 radical (unpaired) electrons. The van der Waals surface area contributed by atoms with Crippen molar-refractivity contribution in [1.29, 1.82) is 0 Å². The van der Waals surface area contributed by atoms with E-state index < -0.39 is 0 Å². The highest BCUT2D eigenvalue weighted by molar-refractivity contribution is 7.99.